The van der Waals surface area contributed by atoms with Gasteiger partial charge in [0.05, 0.1) is 0 Å². The lowest BCUT2D eigenvalue weighted by atomic mass is 10.0. The topological polar surface area (TPSA) is 41.6 Å². The maximum Gasteiger partial charge on any atom is 0.220 e. The fourth-order valence-electron chi connectivity index (χ4n) is 2.94. The predicted octanol–water partition coefficient (Wildman–Crippen LogP) is 2.24. The van der Waals surface area contributed by atoms with Crippen LogP contribution in [0.3, 0.4) is 0 Å². The van der Waals surface area contributed by atoms with Crippen molar-refractivity contribution in [2.24, 2.45) is 0 Å². The molecule has 0 spiro atoms. The van der Waals surface area contributed by atoms with Gasteiger partial charge in [-0.2, -0.15) is 0 Å². The van der Waals surface area contributed by atoms with Crippen LogP contribution in [-0.4, -0.2) is 50.2 Å². The molecule has 0 atom stereocenters. The third kappa shape index (κ3) is 6.16. The molecule has 4 heteroatoms. The molecule has 0 bridgehead atoms. The summed E-state index contributed by atoms with van der Waals surface area (Å²) in [6, 6.07) is 10.5. The van der Waals surface area contributed by atoms with E-state index in [1.54, 1.807) is 7.11 Å². The molecule has 1 aromatic rings. The Morgan fingerprint density at radius 1 is 1.27 bits per heavy atom. The van der Waals surface area contributed by atoms with Crippen LogP contribution in [0.25, 0.3) is 0 Å². The summed E-state index contributed by atoms with van der Waals surface area (Å²) in [5.74, 6) is 0.182. The van der Waals surface area contributed by atoms with E-state index in [4.69, 9.17) is 4.74 Å². The number of ether oxygens (including phenoxy) is 1. The van der Waals surface area contributed by atoms with Gasteiger partial charge in [0.2, 0.25) is 5.91 Å². The number of likely N-dealkylation sites (tertiary alicyclic amines) is 1. The number of carbonyl (C=O) groups excluding carboxylic acids is 1. The zero-order valence-corrected chi connectivity index (χ0v) is 13.6. The number of hydrogen-bond acceptors (Lipinski definition) is 3. The van der Waals surface area contributed by atoms with Crippen molar-refractivity contribution in [2.75, 3.05) is 33.4 Å². The summed E-state index contributed by atoms with van der Waals surface area (Å²) >= 11 is 0. The highest BCUT2D eigenvalue weighted by atomic mass is 16.5. The van der Waals surface area contributed by atoms with Gasteiger partial charge in [0.15, 0.2) is 0 Å². The molecule has 22 heavy (non-hydrogen) atoms. The normalized spacial score (nSPS) is 16.6. The lowest BCUT2D eigenvalue weighted by Crippen LogP contribution is -2.45. The Labute approximate surface area is 133 Å². The minimum Gasteiger partial charge on any atom is -0.385 e. The number of nitrogens with zero attached hydrogens (tertiary/aromatic N) is 1. The molecule has 1 saturated heterocycles. The minimum atomic E-state index is 0.182. The zero-order valence-electron chi connectivity index (χ0n) is 13.6. The van der Waals surface area contributed by atoms with Gasteiger partial charge in [-0.1, -0.05) is 30.3 Å². The van der Waals surface area contributed by atoms with Crippen molar-refractivity contribution in [1.82, 2.24) is 10.2 Å². The van der Waals surface area contributed by atoms with Gasteiger partial charge < -0.3 is 15.0 Å². The van der Waals surface area contributed by atoms with E-state index >= 15 is 0 Å². The lowest BCUT2D eigenvalue weighted by Gasteiger charge is -2.32. The molecule has 0 aliphatic carbocycles. The van der Waals surface area contributed by atoms with E-state index in [0.29, 0.717) is 12.5 Å². The molecule has 122 valence electrons. The van der Waals surface area contributed by atoms with Crippen LogP contribution < -0.4 is 5.32 Å². The molecule has 0 unspecified atom stereocenters. The second kappa shape index (κ2) is 9.59. The quantitative estimate of drug-likeness (QED) is 0.749. The molecular formula is C18H28N2O2. The summed E-state index contributed by atoms with van der Waals surface area (Å²) in [6.45, 7) is 4.08. The summed E-state index contributed by atoms with van der Waals surface area (Å²) in [6.07, 6.45) is 4.61. The molecule has 1 amide bonds. The van der Waals surface area contributed by atoms with Crippen molar-refractivity contribution in [3.8, 4) is 0 Å². The molecule has 1 heterocycles. The standard InChI is InChI=1S/C18H28N2O2/c1-22-15-5-12-20-13-10-17(11-14-20)19-18(21)9-8-16-6-3-2-4-7-16/h2-4,6-7,17H,5,8-15H2,1H3,(H,19,21). The van der Waals surface area contributed by atoms with Gasteiger partial charge in [-0.25, -0.2) is 0 Å². The highest BCUT2D eigenvalue weighted by molar-refractivity contribution is 5.76. The largest absolute Gasteiger partial charge is 0.385 e. The summed E-state index contributed by atoms with van der Waals surface area (Å²) in [5, 5.41) is 3.19. The molecule has 2 rings (SSSR count). The molecule has 4 nitrogen and oxygen atoms in total. The van der Waals surface area contributed by atoms with Gasteiger partial charge in [0.25, 0.3) is 0 Å². The third-order valence-corrected chi connectivity index (χ3v) is 4.26. The van der Waals surface area contributed by atoms with Crippen molar-refractivity contribution in [3.63, 3.8) is 0 Å². The first-order chi connectivity index (χ1) is 10.8. The van der Waals surface area contributed by atoms with E-state index in [2.05, 4.69) is 22.3 Å². The molecule has 1 N–H and O–H groups in total. The van der Waals surface area contributed by atoms with Crippen LogP contribution >= 0.6 is 0 Å². The second-order valence-corrected chi connectivity index (χ2v) is 6.02. The first-order valence-electron chi connectivity index (χ1n) is 8.32. The predicted molar refractivity (Wildman–Crippen MR) is 88.9 cm³/mol. The Kier molecular flexibility index (Phi) is 7.40. The molecule has 0 aromatic heterocycles. The number of carbonyl (C=O) groups is 1. The average molecular weight is 304 g/mol. The van der Waals surface area contributed by atoms with Crippen molar-refractivity contribution in [1.29, 1.82) is 0 Å². The van der Waals surface area contributed by atoms with E-state index < -0.39 is 0 Å². The lowest BCUT2D eigenvalue weighted by molar-refractivity contribution is -0.122. The van der Waals surface area contributed by atoms with Crippen molar-refractivity contribution in [2.45, 2.75) is 38.1 Å². The Bertz CT molecular complexity index is 428. The van der Waals surface area contributed by atoms with Crippen LogP contribution in [0.2, 0.25) is 0 Å². The van der Waals surface area contributed by atoms with Crippen LogP contribution in [-0.2, 0) is 16.0 Å². The van der Waals surface area contributed by atoms with Gasteiger partial charge in [0.1, 0.15) is 0 Å². The summed E-state index contributed by atoms with van der Waals surface area (Å²) < 4.78 is 5.09. The van der Waals surface area contributed by atoms with E-state index in [0.717, 1.165) is 51.9 Å². The van der Waals surface area contributed by atoms with Gasteiger partial charge in [-0.15, -0.1) is 0 Å². The summed E-state index contributed by atoms with van der Waals surface area (Å²) in [7, 11) is 1.75. The van der Waals surface area contributed by atoms with Crippen molar-refractivity contribution < 1.29 is 9.53 Å². The van der Waals surface area contributed by atoms with Crippen LogP contribution in [0.1, 0.15) is 31.2 Å². The van der Waals surface area contributed by atoms with Crippen LogP contribution in [0.4, 0.5) is 0 Å². The molecule has 1 aliphatic rings. The fraction of sp³-hybridized carbons (Fsp3) is 0.611. The second-order valence-electron chi connectivity index (χ2n) is 6.02. The molecule has 0 saturated carbocycles. The maximum atomic E-state index is 12.0. The number of piperidine rings is 1. The minimum absolute atomic E-state index is 0.182. The fourth-order valence-corrected chi connectivity index (χ4v) is 2.94. The van der Waals surface area contributed by atoms with E-state index in [9.17, 15) is 4.79 Å². The van der Waals surface area contributed by atoms with Gasteiger partial charge in [-0.3, -0.25) is 4.79 Å². The number of rotatable bonds is 8. The number of aryl methyl sites for hydroxylation is 1. The molecule has 1 aromatic carbocycles. The Hall–Kier alpha value is -1.39. The monoisotopic (exact) mass is 304 g/mol. The number of methoxy groups -OCH3 is 1. The molecule has 0 radical (unpaired) electrons. The highest BCUT2D eigenvalue weighted by Crippen LogP contribution is 2.11. The summed E-state index contributed by atoms with van der Waals surface area (Å²) in [4.78, 5) is 14.5. The van der Waals surface area contributed by atoms with Gasteiger partial charge >= 0.3 is 0 Å². The van der Waals surface area contributed by atoms with Crippen LogP contribution in [0, 0.1) is 0 Å². The van der Waals surface area contributed by atoms with E-state index in [1.807, 2.05) is 18.2 Å². The van der Waals surface area contributed by atoms with Crippen molar-refractivity contribution in [3.05, 3.63) is 35.9 Å². The zero-order chi connectivity index (χ0) is 15.6. The number of benzene rings is 1. The first kappa shape index (κ1) is 17.0. The van der Waals surface area contributed by atoms with E-state index in [1.165, 1.54) is 5.56 Å². The Balaban J connectivity index is 1.60. The highest BCUT2D eigenvalue weighted by Gasteiger charge is 2.20. The SMILES string of the molecule is COCCCN1CCC(NC(=O)CCc2ccccc2)CC1. The van der Waals surface area contributed by atoms with Crippen molar-refractivity contribution >= 4 is 5.91 Å². The molecule has 1 aliphatic heterocycles. The molecular weight excluding hydrogens is 276 g/mol. The summed E-state index contributed by atoms with van der Waals surface area (Å²) in [5.41, 5.74) is 1.23. The number of hydrogen-bond donors (Lipinski definition) is 1. The number of amides is 1. The van der Waals surface area contributed by atoms with Crippen LogP contribution in [0.5, 0.6) is 0 Å². The smallest absolute Gasteiger partial charge is 0.220 e. The van der Waals surface area contributed by atoms with Crippen LogP contribution in [0.15, 0.2) is 30.3 Å². The Morgan fingerprint density at radius 3 is 2.68 bits per heavy atom. The first-order valence-corrected chi connectivity index (χ1v) is 8.32. The van der Waals surface area contributed by atoms with Gasteiger partial charge in [-0.05, 0) is 31.2 Å². The Morgan fingerprint density at radius 2 is 2.00 bits per heavy atom. The van der Waals surface area contributed by atoms with E-state index in [-0.39, 0.29) is 5.91 Å². The number of nitrogens with one attached hydrogen (secondary N) is 1. The molecule has 1 fully saturated rings. The average Bonchev–Trinajstić information content (AvgIpc) is 2.56. The maximum absolute atomic E-state index is 12.0. The van der Waals surface area contributed by atoms with Gasteiger partial charge in [0, 0.05) is 45.8 Å². The third-order valence-electron chi connectivity index (χ3n) is 4.26.